The molecule has 0 unspecified atom stereocenters. The lowest BCUT2D eigenvalue weighted by molar-refractivity contribution is -0.917. The molecule has 2 heteroatoms. The van der Waals surface area contributed by atoms with Crippen LogP contribution < -0.4 is 0 Å². The van der Waals surface area contributed by atoms with Gasteiger partial charge in [-0.15, -0.1) is 0 Å². The van der Waals surface area contributed by atoms with E-state index in [2.05, 4.69) is 21.0 Å². The number of rotatable bonds is 0. The van der Waals surface area contributed by atoms with Gasteiger partial charge < -0.3 is 4.48 Å². The fourth-order valence-electron chi connectivity index (χ4n) is 1.70. The maximum absolute atomic E-state index is 11.3. The number of quaternary nitrogens is 1. The average molecular weight is 156 g/mol. The van der Waals surface area contributed by atoms with Crippen LogP contribution in [0.25, 0.3) is 0 Å². The van der Waals surface area contributed by atoms with E-state index in [0.717, 1.165) is 17.4 Å². The standard InChI is InChI=1S/C9H18NO/c1-7-8(2)10(3,4)6-5-9(7)11/h7-8H,5-6H2,1-4H3/q+1/t7-,8+/m1/s1. The predicted octanol–water partition coefficient (Wildman–Crippen LogP) is 1.06. The molecule has 1 aliphatic heterocycles. The third kappa shape index (κ3) is 1.45. The Bertz CT molecular complexity index is 174. The molecule has 0 radical (unpaired) electrons. The van der Waals surface area contributed by atoms with E-state index in [-0.39, 0.29) is 5.92 Å². The maximum Gasteiger partial charge on any atom is 0.147 e. The molecule has 0 aliphatic carbocycles. The largest absolute Gasteiger partial charge is 0.325 e. The maximum atomic E-state index is 11.3. The van der Waals surface area contributed by atoms with Crippen molar-refractivity contribution in [2.24, 2.45) is 5.92 Å². The van der Waals surface area contributed by atoms with E-state index in [1.807, 2.05) is 6.92 Å². The molecule has 64 valence electrons. The van der Waals surface area contributed by atoms with Gasteiger partial charge in [0.2, 0.25) is 0 Å². The minimum Gasteiger partial charge on any atom is -0.325 e. The molecule has 0 aromatic carbocycles. The molecule has 0 saturated carbocycles. The lowest BCUT2D eigenvalue weighted by Gasteiger charge is -2.42. The first-order valence-electron chi connectivity index (χ1n) is 4.30. The first kappa shape index (κ1) is 8.72. The summed E-state index contributed by atoms with van der Waals surface area (Å²) < 4.78 is 0.993. The zero-order valence-electron chi connectivity index (χ0n) is 7.92. The lowest BCUT2D eigenvalue weighted by Crippen LogP contribution is -2.56. The quantitative estimate of drug-likeness (QED) is 0.479. The summed E-state index contributed by atoms with van der Waals surface area (Å²) in [6.07, 6.45) is 0.762. The van der Waals surface area contributed by atoms with Gasteiger partial charge in [-0.3, -0.25) is 4.79 Å². The number of carbonyl (C=O) groups is 1. The fraction of sp³-hybridized carbons (Fsp3) is 0.889. The van der Waals surface area contributed by atoms with Crippen LogP contribution in [0.2, 0.25) is 0 Å². The van der Waals surface area contributed by atoms with E-state index < -0.39 is 0 Å². The number of nitrogens with zero attached hydrogens (tertiary/aromatic N) is 1. The van der Waals surface area contributed by atoms with E-state index >= 15 is 0 Å². The zero-order valence-corrected chi connectivity index (χ0v) is 7.92. The normalized spacial score (nSPS) is 37.3. The van der Waals surface area contributed by atoms with Crippen LogP contribution in [-0.2, 0) is 4.79 Å². The summed E-state index contributed by atoms with van der Waals surface area (Å²) in [7, 11) is 4.40. The molecule has 11 heavy (non-hydrogen) atoms. The first-order chi connectivity index (χ1) is 4.95. The van der Waals surface area contributed by atoms with Crippen molar-refractivity contribution in [2.75, 3.05) is 20.6 Å². The van der Waals surface area contributed by atoms with Gasteiger partial charge in [0.1, 0.15) is 5.78 Å². The molecule has 0 aromatic rings. The Labute approximate surface area is 68.8 Å². The van der Waals surface area contributed by atoms with Crippen LogP contribution in [0.1, 0.15) is 20.3 Å². The van der Waals surface area contributed by atoms with Crippen molar-refractivity contribution in [3.05, 3.63) is 0 Å². The van der Waals surface area contributed by atoms with Crippen molar-refractivity contribution in [1.82, 2.24) is 0 Å². The van der Waals surface area contributed by atoms with Crippen LogP contribution in [0.15, 0.2) is 0 Å². The molecule has 0 bridgehead atoms. The van der Waals surface area contributed by atoms with E-state index in [1.165, 1.54) is 0 Å². The summed E-state index contributed by atoms with van der Waals surface area (Å²) in [6, 6.07) is 0.483. The lowest BCUT2D eigenvalue weighted by atomic mass is 9.89. The minimum absolute atomic E-state index is 0.249. The van der Waals surface area contributed by atoms with Crippen molar-refractivity contribution < 1.29 is 9.28 Å². The van der Waals surface area contributed by atoms with Gasteiger partial charge in [0.05, 0.1) is 39.0 Å². The van der Waals surface area contributed by atoms with Crippen molar-refractivity contribution in [1.29, 1.82) is 0 Å². The van der Waals surface area contributed by atoms with Crippen LogP contribution >= 0.6 is 0 Å². The predicted molar refractivity (Wildman–Crippen MR) is 45.2 cm³/mol. The number of carbonyl (C=O) groups excluding carboxylic acids is 1. The Morgan fingerprint density at radius 2 is 1.91 bits per heavy atom. The molecule has 0 spiro atoms. The van der Waals surface area contributed by atoms with Crippen molar-refractivity contribution in [2.45, 2.75) is 26.3 Å². The van der Waals surface area contributed by atoms with Crippen molar-refractivity contribution in [3.63, 3.8) is 0 Å². The summed E-state index contributed by atoms with van der Waals surface area (Å²) >= 11 is 0. The van der Waals surface area contributed by atoms with Gasteiger partial charge >= 0.3 is 0 Å². The van der Waals surface area contributed by atoms with Gasteiger partial charge in [0.15, 0.2) is 0 Å². The summed E-state index contributed by atoms with van der Waals surface area (Å²) in [5, 5.41) is 0. The highest BCUT2D eigenvalue weighted by molar-refractivity contribution is 5.81. The van der Waals surface area contributed by atoms with Gasteiger partial charge in [-0.05, 0) is 13.8 Å². The molecule has 2 nitrogen and oxygen atoms in total. The highest BCUT2D eigenvalue weighted by Crippen LogP contribution is 2.23. The zero-order chi connectivity index (χ0) is 8.65. The molecule has 1 rings (SSSR count). The summed E-state index contributed by atoms with van der Waals surface area (Å²) in [6.45, 7) is 5.22. The van der Waals surface area contributed by atoms with Crippen molar-refractivity contribution >= 4 is 5.78 Å². The van der Waals surface area contributed by atoms with Crippen molar-refractivity contribution in [3.8, 4) is 0 Å². The monoisotopic (exact) mass is 156 g/mol. The third-order valence-corrected chi connectivity index (χ3v) is 3.27. The molecular weight excluding hydrogens is 138 g/mol. The number of likely N-dealkylation sites (tertiary alicyclic amines) is 1. The highest BCUT2D eigenvalue weighted by atomic mass is 16.1. The first-order valence-corrected chi connectivity index (χ1v) is 4.30. The molecular formula is C9H18NO+. The van der Waals surface area contributed by atoms with E-state index in [1.54, 1.807) is 0 Å². The molecule has 0 amide bonds. The Morgan fingerprint density at radius 3 is 2.36 bits per heavy atom. The highest BCUT2D eigenvalue weighted by Gasteiger charge is 2.37. The van der Waals surface area contributed by atoms with Crippen LogP contribution in [0.5, 0.6) is 0 Å². The Balaban J connectivity index is 2.75. The van der Waals surface area contributed by atoms with Crippen LogP contribution in [-0.4, -0.2) is 36.9 Å². The minimum atomic E-state index is 0.249. The number of ketones is 1. The number of hydrogen-bond donors (Lipinski definition) is 0. The van der Waals surface area contributed by atoms with Gasteiger partial charge in [0.25, 0.3) is 0 Å². The third-order valence-electron chi connectivity index (χ3n) is 3.27. The van der Waals surface area contributed by atoms with E-state index in [4.69, 9.17) is 0 Å². The van der Waals surface area contributed by atoms with Gasteiger partial charge in [-0.2, -0.15) is 0 Å². The van der Waals surface area contributed by atoms with E-state index in [9.17, 15) is 4.79 Å². The van der Waals surface area contributed by atoms with Gasteiger partial charge in [-0.1, -0.05) is 0 Å². The molecule has 2 atom stereocenters. The van der Waals surface area contributed by atoms with Crippen LogP contribution in [0.3, 0.4) is 0 Å². The topological polar surface area (TPSA) is 17.1 Å². The van der Waals surface area contributed by atoms with Gasteiger partial charge in [0, 0.05) is 0 Å². The Morgan fingerprint density at radius 1 is 1.36 bits per heavy atom. The smallest absolute Gasteiger partial charge is 0.147 e. The molecule has 1 saturated heterocycles. The number of piperidine rings is 1. The second-order valence-electron chi connectivity index (χ2n) is 4.25. The molecule has 0 N–H and O–H groups in total. The second kappa shape index (κ2) is 2.59. The number of hydrogen-bond acceptors (Lipinski definition) is 1. The fourth-order valence-corrected chi connectivity index (χ4v) is 1.70. The van der Waals surface area contributed by atoms with Crippen LogP contribution in [0.4, 0.5) is 0 Å². The second-order valence-corrected chi connectivity index (χ2v) is 4.25. The SMILES string of the molecule is C[C@H]1C(=O)CC[N+](C)(C)[C@H]1C. The molecule has 1 aliphatic rings. The Kier molecular flexibility index (Phi) is 2.06. The number of Topliss-reactive ketones (excluding diaryl/α,β-unsaturated/α-hetero) is 1. The summed E-state index contributed by atoms with van der Waals surface area (Å²) in [5.41, 5.74) is 0. The summed E-state index contributed by atoms with van der Waals surface area (Å²) in [4.78, 5) is 11.3. The Hall–Kier alpha value is -0.370. The molecule has 1 heterocycles. The van der Waals surface area contributed by atoms with Gasteiger partial charge in [-0.25, -0.2) is 0 Å². The molecule has 1 fully saturated rings. The van der Waals surface area contributed by atoms with Crippen LogP contribution in [0, 0.1) is 5.92 Å². The average Bonchev–Trinajstić information content (AvgIpc) is 1.95. The van der Waals surface area contributed by atoms with E-state index in [0.29, 0.717) is 11.8 Å². The summed E-state index contributed by atoms with van der Waals surface area (Å²) in [5.74, 6) is 0.689. The molecule has 0 aromatic heterocycles.